The summed E-state index contributed by atoms with van der Waals surface area (Å²) in [4.78, 5) is 0. The predicted octanol–water partition coefficient (Wildman–Crippen LogP) is 1.56. The molecule has 0 unspecified atom stereocenters. The highest BCUT2D eigenvalue weighted by Gasteiger charge is 2.19. The van der Waals surface area contributed by atoms with Crippen LogP contribution in [0.5, 0.6) is 0 Å². The molecule has 1 rings (SSSR count). The van der Waals surface area contributed by atoms with E-state index in [4.69, 9.17) is 5.11 Å². The first-order valence-corrected chi connectivity index (χ1v) is 7.47. The molecule has 0 spiro atoms. The van der Waals surface area contributed by atoms with Gasteiger partial charge in [0.05, 0.1) is 10.4 Å². The number of halogens is 1. The quantitative estimate of drug-likeness (QED) is 0.867. The van der Waals surface area contributed by atoms with Crippen molar-refractivity contribution >= 4 is 37.3 Å². The molecule has 0 aliphatic heterocycles. The summed E-state index contributed by atoms with van der Waals surface area (Å²) in [6, 6.07) is 2.79. The lowest BCUT2D eigenvalue weighted by atomic mass is 10.3. The molecular formula is C8H12BrNO3S2. The first-order valence-electron chi connectivity index (χ1n) is 4.38. The number of hydrogen-bond donors (Lipinski definition) is 2. The van der Waals surface area contributed by atoms with E-state index in [0.29, 0.717) is 6.42 Å². The van der Waals surface area contributed by atoms with Gasteiger partial charge in [0.1, 0.15) is 4.21 Å². The Morgan fingerprint density at radius 3 is 2.67 bits per heavy atom. The molecule has 15 heavy (non-hydrogen) atoms. The topological polar surface area (TPSA) is 66.4 Å². The zero-order valence-electron chi connectivity index (χ0n) is 8.10. The maximum atomic E-state index is 11.7. The van der Waals surface area contributed by atoms with Gasteiger partial charge in [0.25, 0.3) is 0 Å². The Balaban J connectivity index is 2.84. The van der Waals surface area contributed by atoms with Gasteiger partial charge in [0.15, 0.2) is 0 Å². The number of rotatable bonds is 5. The Morgan fingerprint density at radius 1 is 1.60 bits per heavy atom. The largest absolute Gasteiger partial charge is 0.395 e. The highest BCUT2D eigenvalue weighted by molar-refractivity contribution is 9.11. The lowest BCUT2D eigenvalue weighted by Gasteiger charge is -2.12. The normalized spacial score (nSPS) is 14.1. The summed E-state index contributed by atoms with van der Waals surface area (Å²) < 4.78 is 26.9. The van der Waals surface area contributed by atoms with E-state index in [-0.39, 0.29) is 10.8 Å². The molecule has 0 aliphatic rings. The molecule has 7 heteroatoms. The van der Waals surface area contributed by atoms with E-state index in [0.717, 1.165) is 15.1 Å². The summed E-state index contributed by atoms with van der Waals surface area (Å²) >= 11 is 4.34. The smallest absolute Gasteiger partial charge is 0.250 e. The zero-order valence-corrected chi connectivity index (χ0v) is 11.3. The van der Waals surface area contributed by atoms with Gasteiger partial charge in [0.2, 0.25) is 10.0 Å². The van der Waals surface area contributed by atoms with Crippen LogP contribution in [0.1, 0.15) is 13.3 Å². The van der Waals surface area contributed by atoms with Crippen LogP contribution in [0.25, 0.3) is 0 Å². The van der Waals surface area contributed by atoms with Crippen LogP contribution in [0.2, 0.25) is 0 Å². The molecule has 0 aromatic carbocycles. The summed E-state index contributed by atoms with van der Waals surface area (Å²) in [6.45, 7) is 1.62. The molecule has 0 saturated heterocycles. The first-order chi connectivity index (χ1) is 6.99. The Kier molecular flexibility index (Phi) is 4.72. The third-order valence-electron chi connectivity index (χ3n) is 1.85. The molecule has 0 fully saturated rings. The molecule has 0 aliphatic carbocycles. The lowest BCUT2D eigenvalue weighted by Crippen LogP contribution is -2.36. The van der Waals surface area contributed by atoms with Crippen LogP contribution < -0.4 is 4.72 Å². The molecular weight excluding hydrogens is 302 g/mol. The SMILES string of the molecule is CC[C@@H](CO)NS(=O)(=O)c1ccc(Br)s1. The maximum Gasteiger partial charge on any atom is 0.250 e. The van der Waals surface area contributed by atoms with Crippen LogP contribution in [0.15, 0.2) is 20.1 Å². The fourth-order valence-electron chi connectivity index (χ4n) is 0.969. The third kappa shape index (κ3) is 3.53. The van der Waals surface area contributed by atoms with Gasteiger partial charge in [0, 0.05) is 6.04 Å². The fourth-order valence-corrected chi connectivity index (χ4v) is 4.31. The highest BCUT2D eigenvalue weighted by atomic mass is 79.9. The second-order valence-electron chi connectivity index (χ2n) is 2.97. The average Bonchev–Trinajstić information content (AvgIpc) is 2.62. The third-order valence-corrected chi connectivity index (χ3v) is 5.48. The van der Waals surface area contributed by atoms with E-state index >= 15 is 0 Å². The summed E-state index contributed by atoms with van der Waals surface area (Å²) in [5.41, 5.74) is 0. The van der Waals surface area contributed by atoms with Crippen LogP contribution >= 0.6 is 27.3 Å². The van der Waals surface area contributed by atoms with Gasteiger partial charge in [-0.05, 0) is 34.5 Å². The van der Waals surface area contributed by atoms with Crippen molar-refractivity contribution in [3.63, 3.8) is 0 Å². The number of hydrogen-bond acceptors (Lipinski definition) is 4. The minimum absolute atomic E-state index is 0.192. The van der Waals surface area contributed by atoms with Crippen molar-refractivity contribution in [2.45, 2.75) is 23.6 Å². The fraction of sp³-hybridized carbons (Fsp3) is 0.500. The van der Waals surface area contributed by atoms with E-state index in [1.165, 1.54) is 6.07 Å². The molecule has 4 nitrogen and oxygen atoms in total. The van der Waals surface area contributed by atoms with Gasteiger partial charge >= 0.3 is 0 Å². The van der Waals surface area contributed by atoms with Crippen molar-refractivity contribution in [2.24, 2.45) is 0 Å². The maximum absolute atomic E-state index is 11.7. The van der Waals surface area contributed by atoms with E-state index in [1.807, 2.05) is 6.92 Å². The second kappa shape index (κ2) is 5.40. The van der Waals surface area contributed by atoms with Crippen molar-refractivity contribution in [1.29, 1.82) is 0 Å². The minimum Gasteiger partial charge on any atom is -0.395 e. The first kappa shape index (κ1) is 13.1. The van der Waals surface area contributed by atoms with Crippen molar-refractivity contribution < 1.29 is 13.5 Å². The molecule has 86 valence electrons. The summed E-state index contributed by atoms with van der Waals surface area (Å²) in [5, 5.41) is 8.91. The Bertz CT molecular complexity index is 411. The standard InChI is InChI=1S/C8H12BrNO3S2/c1-2-6(5-11)10-15(12,13)8-4-3-7(9)14-8/h3-4,6,10-11H,2,5H2,1H3/t6-/m0/s1. The second-order valence-corrected chi connectivity index (χ2v) is 7.37. The summed E-state index contributed by atoms with van der Waals surface area (Å²) in [5.74, 6) is 0. The van der Waals surface area contributed by atoms with Crippen molar-refractivity contribution in [3.05, 3.63) is 15.9 Å². The van der Waals surface area contributed by atoms with Crippen molar-refractivity contribution in [3.8, 4) is 0 Å². The van der Waals surface area contributed by atoms with E-state index in [2.05, 4.69) is 20.7 Å². The highest BCUT2D eigenvalue weighted by Crippen LogP contribution is 2.25. The van der Waals surface area contributed by atoms with Crippen LogP contribution in [0.3, 0.4) is 0 Å². The Morgan fingerprint density at radius 2 is 2.27 bits per heavy atom. The molecule has 0 amide bonds. The van der Waals surface area contributed by atoms with E-state index in [9.17, 15) is 8.42 Å². The minimum atomic E-state index is -3.48. The van der Waals surface area contributed by atoms with Crippen LogP contribution in [-0.2, 0) is 10.0 Å². The zero-order chi connectivity index (χ0) is 11.5. The Labute approximate surface area is 102 Å². The molecule has 0 radical (unpaired) electrons. The lowest BCUT2D eigenvalue weighted by molar-refractivity contribution is 0.254. The van der Waals surface area contributed by atoms with Gasteiger partial charge in [-0.25, -0.2) is 13.1 Å². The summed E-state index contributed by atoms with van der Waals surface area (Å²) in [7, 11) is -3.48. The van der Waals surface area contributed by atoms with Crippen LogP contribution in [-0.4, -0.2) is 26.2 Å². The molecule has 2 N–H and O–H groups in total. The molecule has 1 heterocycles. The number of aliphatic hydroxyl groups excluding tert-OH is 1. The van der Waals surface area contributed by atoms with Crippen molar-refractivity contribution in [2.75, 3.05) is 6.61 Å². The van der Waals surface area contributed by atoms with Gasteiger partial charge < -0.3 is 5.11 Å². The van der Waals surface area contributed by atoms with E-state index in [1.54, 1.807) is 6.07 Å². The molecule has 0 bridgehead atoms. The van der Waals surface area contributed by atoms with Gasteiger partial charge in [-0.3, -0.25) is 0 Å². The molecule has 1 aromatic heterocycles. The Hall–Kier alpha value is 0.0500. The summed E-state index contributed by atoms with van der Waals surface area (Å²) in [6.07, 6.45) is 0.558. The number of sulfonamides is 1. The van der Waals surface area contributed by atoms with Crippen molar-refractivity contribution in [1.82, 2.24) is 4.72 Å². The molecule has 1 aromatic rings. The predicted molar refractivity (Wildman–Crippen MR) is 63.5 cm³/mol. The molecule has 0 saturated carbocycles. The number of nitrogens with one attached hydrogen (secondary N) is 1. The van der Waals surface area contributed by atoms with Gasteiger partial charge in [-0.2, -0.15) is 0 Å². The van der Waals surface area contributed by atoms with Gasteiger partial charge in [-0.1, -0.05) is 6.92 Å². The number of thiophene rings is 1. The monoisotopic (exact) mass is 313 g/mol. The molecule has 1 atom stereocenters. The average molecular weight is 314 g/mol. The van der Waals surface area contributed by atoms with E-state index < -0.39 is 16.1 Å². The van der Waals surface area contributed by atoms with Crippen LogP contribution in [0, 0.1) is 0 Å². The van der Waals surface area contributed by atoms with Gasteiger partial charge in [-0.15, -0.1) is 11.3 Å². The van der Waals surface area contributed by atoms with Crippen LogP contribution in [0.4, 0.5) is 0 Å². The number of aliphatic hydroxyl groups is 1.